The standard InChI is InChI=1S/C18H19N3O4/c22-18(16-9-12-25-17-4-2-1-3-15(16)17)20-11-10-19-13-5-7-14(8-6-13)21(23)24/h1-8,16,19H,9-12H2,(H,20,22)/t16-/m0/s1. The van der Waals surface area contributed by atoms with Gasteiger partial charge < -0.3 is 15.4 Å². The molecule has 25 heavy (non-hydrogen) atoms. The lowest BCUT2D eigenvalue weighted by molar-refractivity contribution is -0.384. The number of rotatable bonds is 6. The molecule has 0 spiro atoms. The van der Waals surface area contributed by atoms with Crippen LogP contribution in [0.3, 0.4) is 0 Å². The molecule has 1 atom stereocenters. The van der Waals surface area contributed by atoms with E-state index in [1.807, 2.05) is 24.3 Å². The Labute approximate surface area is 145 Å². The zero-order valence-corrected chi connectivity index (χ0v) is 13.6. The monoisotopic (exact) mass is 341 g/mol. The molecule has 0 saturated heterocycles. The third kappa shape index (κ3) is 4.06. The molecule has 0 aliphatic carbocycles. The van der Waals surface area contributed by atoms with Gasteiger partial charge in [-0.1, -0.05) is 18.2 Å². The molecule has 2 aromatic rings. The van der Waals surface area contributed by atoms with Gasteiger partial charge in [-0.15, -0.1) is 0 Å². The Bertz CT molecular complexity index is 761. The fourth-order valence-electron chi connectivity index (χ4n) is 2.83. The molecule has 7 nitrogen and oxygen atoms in total. The third-order valence-corrected chi connectivity index (χ3v) is 4.11. The molecule has 7 heteroatoms. The largest absolute Gasteiger partial charge is 0.493 e. The van der Waals surface area contributed by atoms with Crippen molar-refractivity contribution in [3.8, 4) is 5.75 Å². The van der Waals surface area contributed by atoms with Crippen molar-refractivity contribution in [3.63, 3.8) is 0 Å². The predicted molar refractivity (Wildman–Crippen MR) is 93.9 cm³/mol. The van der Waals surface area contributed by atoms with Crippen LogP contribution in [0.5, 0.6) is 5.75 Å². The Morgan fingerprint density at radius 1 is 1.16 bits per heavy atom. The molecule has 1 amide bonds. The highest BCUT2D eigenvalue weighted by molar-refractivity contribution is 5.84. The fourth-order valence-corrected chi connectivity index (χ4v) is 2.83. The van der Waals surface area contributed by atoms with Gasteiger partial charge >= 0.3 is 0 Å². The lowest BCUT2D eigenvalue weighted by Gasteiger charge is -2.25. The quantitative estimate of drug-likeness (QED) is 0.479. The summed E-state index contributed by atoms with van der Waals surface area (Å²) in [5.74, 6) is 0.573. The number of nitro groups is 1. The van der Waals surface area contributed by atoms with Gasteiger partial charge in [0.25, 0.3) is 5.69 Å². The lowest BCUT2D eigenvalue weighted by atomic mass is 9.92. The summed E-state index contributed by atoms with van der Waals surface area (Å²) in [4.78, 5) is 22.6. The van der Waals surface area contributed by atoms with E-state index < -0.39 is 4.92 Å². The van der Waals surface area contributed by atoms with Gasteiger partial charge in [0.05, 0.1) is 17.4 Å². The van der Waals surface area contributed by atoms with Gasteiger partial charge in [0.1, 0.15) is 5.75 Å². The summed E-state index contributed by atoms with van der Waals surface area (Å²) in [5.41, 5.74) is 1.75. The van der Waals surface area contributed by atoms with Crippen LogP contribution in [0.15, 0.2) is 48.5 Å². The molecule has 2 N–H and O–H groups in total. The van der Waals surface area contributed by atoms with Gasteiger partial charge in [-0.05, 0) is 24.6 Å². The number of hydrogen-bond donors (Lipinski definition) is 2. The van der Waals surface area contributed by atoms with Crippen molar-refractivity contribution in [1.82, 2.24) is 5.32 Å². The van der Waals surface area contributed by atoms with E-state index in [1.165, 1.54) is 12.1 Å². The van der Waals surface area contributed by atoms with Crippen molar-refractivity contribution in [3.05, 3.63) is 64.2 Å². The van der Waals surface area contributed by atoms with Crippen molar-refractivity contribution < 1.29 is 14.5 Å². The number of nitrogens with zero attached hydrogens (tertiary/aromatic N) is 1. The molecule has 130 valence electrons. The Balaban J connectivity index is 1.48. The third-order valence-electron chi connectivity index (χ3n) is 4.11. The number of ether oxygens (including phenoxy) is 1. The second kappa shape index (κ2) is 7.65. The topological polar surface area (TPSA) is 93.5 Å². The van der Waals surface area contributed by atoms with Gasteiger partial charge in [0.2, 0.25) is 5.91 Å². The molecule has 0 unspecified atom stereocenters. The van der Waals surface area contributed by atoms with Crippen LogP contribution in [-0.4, -0.2) is 30.5 Å². The lowest BCUT2D eigenvalue weighted by Crippen LogP contribution is -2.35. The molecule has 0 bridgehead atoms. The van der Waals surface area contributed by atoms with Gasteiger partial charge in [0, 0.05) is 36.5 Å². The highest BCUT2D eigenvalue weighted by Crippen LogP contribution is 2.33. The molecule has 2 aromatic carbocycles. The molecule has 1 aliphatic rings. The minimum Gasteiger partial charge on any atom is -0.493 e. The zero-order chi connectivity index (χ0) is 17.6. The molecular formula is C18H19N3O4. The fraction of sp³-hybridized carbons (Fsp3) is 0.278. The number of fused-ring (bicyclic) bond motifs is 1. The Kier molecular flexibility index (Phi) is 5.13. The number of benzene rings is 2. The maximum Gasteiger partial charge on any atom is 0.269 e. The number of amides is 1. The summed E-state index contributed by atoms with van der Waals surface area (Å²) in [7, 11) is 0. The number of non-ortho nitro benzene ring substituents is 1. The van der Waals surface area contributed by atoms with Crippen molar-refractivity contribution in [1.29, 1.82) is 0 Å². The van der Waals surface area contributed by atoms with Crippen LogP contribution in [0.4, 0.5) is 11.4 Å². The Morgan fingerprint density at radius 2 is 1.92 bits per heavy atom. The maximum atomic E-state index is 12.4. The SMILES string of the molecule is O=C(NCCNc1ccc([N+](=O)[O-])cc1)[C@H]1CCOc2ccccc21. The minimum absolute atomic E-state index is 0.0127. The second-order valence-electron chi connectivity index (χ2n) is 5.75. The van der Waals surface area contributed by atoms with Crippen LogP contribution < -0.4 is 15.4 Å². The van der Waals surface area contributed by atoms with E-state index in [2.05, 4.69) is 10.6 Å². The summed E-state index contributed by atoms with van der Waals surface area (Å²) in [6, 6.07) is 13.8. The summed E-state index contributed by atoms with van der Waals surface area (Å²) < 4.78 is 5.57. The molecule has 1 aliphatic heterocycles. The number of carbonyl (C=O) groups excluding carboxylic acids is 1. The van der Waals surface area contributed by atoms with Crippen LogP contribution in [0.25, 0.3) is 0 Å². The number of anilines is 1. The van der Waals surface area contributed by atoms with Crippen LogP contribution in [0.2, 0.25) is 0 Å². The number of hydrogen-bond acceptors (Lipinski definition) is 5. The van der Waals surface area contributed by atoms with Gasteiger partial charge in [-0.25, -0.2) is 0 Å². The smallest absolute Gasteiger partial charge is 0.269 e. The first-order chi connectivity index (χ1) is 12.1. The second-order valence-corrected chi connectivity index (χ2v) is 5.75. The molecular weight excluding hydrogens is 322 g/mol. The minimum atomic E-state index is -0.435. The number of nitrogens with one attached hydrogen (secondary N) is 2. The van der Waals surface area contributed by atoms with Crippen molar-refractivity contribution in [2.45, 2.75) is 12.3 Å². The maximum absolute atomic E-state index is 12.4. The highest BCUT2D eigenvalue weighted by Gasteiger charge is 2.26. The molecule has 0 fully saturated rings. The van der Waals surface area contributed by atoms with Gasteiger partial charge in [-0.3, -0.25) is 14.9 Å². The Hall–Kier alpha value is -3.09. The first-order valence-corrected chi connectivity index (χ1v) is 8.13. The van der Waals surface area contributed by atoms with Crippen LogP contribution in [-0.2, 0) is 4.79 Å². The molecule has 0 radical (unpaired) electrons. The van der Waals surface area contributed by atoms with E-state index in [0.717, 1.165) is 17.0 Å². The summed E-state index contributed by atoms with van der Waals surface area (Å²) in [5, 5.41) is 16.7. The van der Waals surface area contributed by atoms with E-state index in [1.54, 1.807) is 12.1 Å². The molecule has 1 heterocycles. The van der Waals surface area contributed by atoms with E-state index in [4.69, 9.17) is 4.74 Å². The van der Waals surface area contributed by atoms with E-state index in [-0.39, 0.29) is 17.5 Å². The predicted octanol–water partition coefficient (Wildman–Crippen LogP) is 2.69. The van der Waals surface area contributed by atoms with Crippen molar-refractivity contribution in [2.24, 2.45) is 0 Å². The average molecular weight is 341 g/mol. The first-order valence-electron chi connectivity index (χ1n) is 8.13. The summed E-state index contributed by atoms with van der Waals surface area (Å²) in [6.07, 6.45) is 0.665. The van der Waals surface area contributed by atoms with Crippen LogP contribution in [0.1, 0.15) is 17.9 Å². The average Bonchev–Trinajstić information content (AvgIpc) is 2.65. The van der Waals surface area contributed by atoms with E-state index in [0.29, 0.717) is 26.1 Å². The van der Waals surface area contributed by atoms with E-state index in [9.17, 15) is 14.9 Å². The van der Waals surface area contributed by atoms with Gasteiger partial charge in [-0.2, -0.15) is 0 Å². The van der Waals surface area contributed by atoms with Crippen molar-refractivity contribution in [2.75, 3.05) is 25.0 Å². The van der Waals surface area contributed by atoms with E-state index >= 15 is 0 Å². The highest BCUT2D eigenvalue weighted by atomic mass is 16.6. The Morgan fingerprint density at radius 3 is 2.68 bits per heavy atom. The normalized spacial score (nSPS) is 15.6. The number of carbonyl (C=O) groups is 1. The molecule has 0 saturated carbocycles. The van der Waals surface area contributed by atoms with Crippen LogP contribution in [0, 0.1) is 10.1 Å². The number of nitro benzene ring substituents is 1. The summed E-state index contributed by atoms with van der Waals surface area (Å²) in [6.45, 7) is 1.54. The number of para-hydroxylation sites is 1. The summed E-state index contributed by atoms with van der Waals surface area (Å²) >= 11 is 0. The zero-order valence-electron chi connectivity index (χ0n) is 13.6. The van der Waals surface area contributed by atoms with Crippen LogP contribution >= 0.6 is 0 Å². The first kappa shape index (κ1) is 16.8. The van der Waals surface area contributed by atoms with Crippen molar-refractivity contribution >= 4 is 17.3 Å². The van der Waals surface area contributed by atoms with Gasteiger partial charge in [0.15, 0.2) is 0 Å². The molecule has 3 rings (SSSR count). The molecule has 0 aromatic heterocycles.